The van der Waals surface area contributed by atoms with Gasteiger partial charge in [-0.05, 0) is 38.5 Å². The molecule has 2 rings (SSSR count). The van der Waals surface area contributed by atoms with Crippen LogP contribution in [0.4, 0.5) is 0 Å². The van der Waals surface area contributed by atoms with Crippen LogP contribution in [0.5, 0.6) is 0 Å². The van der Waals surface area contributed by atoms with E-state index in [1.54, 1.807) is 6.92 Å². The van der Waals surface area contributed by atoms with E-state index in [1.165, 1.54) is 12.8 Å². The summed E-state index contributed by atoms with van der Waals surface area (Å²) >= 11 is 0. The Morgan fingerprint density at radius 1 is 1.12 bits per heavy atom. The smallest absolute Gasteiger partial charge is 0.245 e. The summed E-state index contributed by atoms with van der Waals surface area (Å²) in [5.74, 6) is 0.874. The second-order valence-electron chi connectivity index (χ2n) is 5.48. The second-order valence-corrected chi connectivity index (χ2v) is 5.48. The average molecular weight is 238 g/mol. The minimum absolute atomic E-state index is 0.00229. The minimum atomic E-state index is -0.357. The van der Waals surface area contributed by atoms with Gasteiger partial charge >= 0.3 is 0 Å². The van der Waals surface area contributed by atoms with Crippen LogP contribution in [0.2, 0.25) is 0 Å². The fraction of sp³-hybridized carbons (Fsp3) is 0.846. The molecular weight excluding hydrogens is 216 g/mol. The van der Waals surface area contributed by atoms with Gasteiger partial charge in [0.15, 0.2) is 0 Å². The summed E-state index contributed by atoms with van der Waals surface area (Å²) in [5, 5.41) is 2.74. The van der Waals surface area contributed by atoms with Crippen molar-refractivity contribution in [2.75, 3.05) is 6.54 Å². The molecule has 2 amide bonds. The van der Waals surface area contributed by atoms with E-state index in [4.69, 9.17) is 0 Å². The molecular formula is C13H22N2O2. The largest absolute Gasteiger partial charge is 0.345 e. The molecule has 1 aliphatic carbocycles. The number of carbonyl (C=O) groups excluding carboxylic acids is 2. The normalized spacial score (nSPS) is 35.4. The third kappa shape index (κ3) is 2.79. The molecule has 1 heterocycles. The van der Waals surface area contributed by atoms with Gasteiger partial charge < -0.3 is 10.2 Å². The third-order valence-corrected chi connectivity index (χ3v) is 4.04. The first kappa shape index (κ1) is 12.4. The highest BCUT2D eigenvalue weighted by Gasteiger charge is 2.32. The summed E-state index contributed by atoms with van der Waals surface area (Å²) in [6, 6.07) is -0.00167. The van der Waals surface area contributed by atoms with Gasteiger partial charge in [-0.25, -0.2) is 0 Å². The topological polar surface area (TPSA) is 49.4 Å². The van der Waals surface area contributed by atoms with Crippen molar-refractivity contribution in [3.63, 3.8) is 0 Å². The van der Waals surface area contributed by atoms with Gasteiger partial charge in [-0.15, -0.1) is 0 Å². The van der Waals surface area contributed by atoms with Crippen molar-refractivity contribution < 1.29 is 9.59 Å². The van der Waals surface area contributed by atoms with Crippen LogP contribution in [0.15, 0.2) is 0 Å². The number of nitrogens with zero attached hydrogens (tertiary/aromatic N) is 1. The molecule has 0 aromatic rings. The maximum atomic E-state index is 12.2. The molecule has 2 fully saturated rings. The molecule has 1 atom stereocenters. The first-order valence-corrected chi connectivity index (χ1v) is 6.67. The Hall–Kier alpha value is -1.06. The van der Waals surface area contributed by atoms with E-state index in [1.807, 2.05) is 4.90 Å². The summed E-state index contributed by atoms with van der Waals surface area (Å²) in [7, 11) is 0. The molecule has 4 nitrogen and oxygen atoms in total. The number of rotatable bonds is 1. The minimum Gasteiger partial charge on any atom is -0.345 e. The Bertz CT molecular complexity index is 309. The van der Waals surface area contributed by atoms with E-state index in [0.717, 1.165) is 18.8 Å². The van der Waals surface area contributed by atoms with Crippen molar-refractivity contribution in [3.05, 3.63) is 0 Å². The Morgan fingerprint density at radius 2 is 1.76 bits per heavy atom. The molecule has 4 heteroatoms. The summed E-state index contributed by atoms with van der Waals surface area (Å²) in [6.45, 7) is 4.65. The van der Waals surface area contributed by atoms with Crippen molar-refractivity contribution in [2.45, 2.75) is 58.0 Å². The lowest BCUT2D eigenvalue weighted by molar-refractivity contribution is -0.135. The summed E-state index contributed by atoms with van der Waals surface area (Å²) in [6.07, 6.45) is 5.03. The number of hydrogen-bond acceptors (Lipinski definition) is 2. The Morgan fingerprint density at radius 3 is 2.41 bits per heavy atom. The van der Waals surface area contributed by atoms with Crippen LogP contribution in [0.25, 0.3) is 0 Å². The summed E-state index contributed by atoms with van der Waals surface area (Å²) in [4.78, 5) is 25.6. The van der Waals surface area contributed by atoms with Crippen molar-refractivity contribution >= 4 is 11.8 Å². The van der Waals surface area contributed by atoms with Crippen molar-refractivity contribution in [3.8, 4) is 0 Å². The zero-order chi connectivity index (χ0) is 12.4. The molecule has 1 aliphatic heterocycles. The van der Waals surface area contributed by atoms with Crippen molar-refractivity contribution in [2.24, 2.45) is 5.92 Å². The molecule has 1 N–H and O–H groups in total. The molecule has 1 saturated heterocycles. The van der Waals surface area contributed by atoms with Crippen LogP contribution in [-0.4, -0.2) is 35.3 Å². The zero-order valence-corrected chi connectivity index (χ0v) is 10.7. The van der Waals surface area contributed by atoms with Crippen LogP contribution in [-0.2, 0) is 9.59 Å². The summed E-state index contributed by atoms with van der Waals surface area (Å²) in [5.41, 5.74) is 0. The van der Waals surface area contributed by atoms with E-state index in [2.05, 4.69) is 12.2 Å². The highest BCUT2D eigenvalue weighted by molar-refractivity contribution is 5.89. The maximum absolute atomic E-state index is 12.2. The van der Waals surface area contributed by atoms with Crippen LogP contribution in [0.3, 0.4) is 0 Å². The van der Waals surface area contributed by atoms with E-state index < -0.39 is 0 Å². The van der Waals surface area contributed by atoms with Crippen LogP contribution in [0.1, 0.15) is 46.0 Å². The third-order valence-electron chi connectivity index (χ3n) is 4.04. The Labute approximate surface area is 103 Å². The van der Waals surface area contributed by atoms with Gasteiger partial charge in [0.25, 0.3) is 0 Å². The molecule has 17 heavy (non-hydrogen) atoms. The van der Waals surface area contributed by atoms with Gasteiger partial charge in [0.2, 0.25) is 11.8 Å². The van der Waals surface area contributed by atoms with E-state index in [0.29, 0.717) is 19.0 Å². The van der Waals surface area contributed by atoms with Crippen molar-refractivity contribution in [1.82, 2.24) is 10.2 Å². The average Bonchev–Trinajstić information content (AvgIpc) is 2.42. The molecule has 1 unspecified atom stereocenters. The number of nitrogens with one attached hydrogen (secondary N) is 1. The van der Waals surface area contributed by atoms with Gasteiger partial charge in [-0.1, -0.05) is 6.92 Å². The highest BCUT2D eigenvalue weighted by atomic mass is 16.2. The fourth-order valence-corrected chi connectivity index (χ4v) is 2.87. The molecule has 0 spiro atoms. The molecule has 0 aromatic heterocycles. The summed E-state index contributed by atoms with van der Waals surface area (Å²) < 4.78 is 0. The number of hydrogen-bond donors (Lipinski definition) is 1. The number of carbonyl (C=O) groups is 2. The van der Waals surface area contributed by atoms with E-state index >= 15 is 0 Å². The maximum Gasteiger partial charge on any atom is 0.245 e. The predicted molar refractivity (Wildman–Crippen MR) is 65.4 cm³/mol. The Balaban J connectivity index is 2.03. The zero-order valence-electron chi connectivity index (χ0n) is 10.7. The molecule has 0 aromatic carbocycles. The monoisotopic (exact) mass is 238 g/mol. The quantitative estimate of drug-likeness (QED) is 0.748. The predicted octanol–water partition coefficient (Wildman–Crippen LogP) is 1.30. The molecule has 96 valence electrons. The SMILES string of the molecule is CC1CCC(N2CCC(=O)NC(C)C2=O)CC1. The fourth-order valence-electron chi connectivity index (χ4n) is 2.87. The molecule has 0 radical (unpaired) electrons. The van der Waals surface area contributed by atoms with Gasteiger partial charge in [0.05, 0.1) is 0 Å². The standard InChI is InChI=1S/C13H22N2O2/c1-9-3-5-11(6-4-9)15-8-7-12(16)14-10(2)13(15)17/h9-11H,3-8H2,1-2H3,(H,14,16). The second kappa shape index (κ2) is 5.07. The van der Waals surface area contributed by atoms with Gasteiger partial charge in [0, 0.05) is 19.0 Å². The van der Waals surface area contributed by atoms with E-state index in [9.17, 15) is 9.59 Å². The lowest BCUT2D eigenvalue weighted by Gasteiger charge is -2.36. The molecule has 2 aliphatic rings. The first-order chi connectivity index (χ1) is 8.08. The Kier molecular flexibility index (Phi) is 3.69. The lowest BCUT2D eigenvalue weighted by Crippen LogP contribution is -2.48. The van der Waals surface area contributed by atoms with Crippen LogP contribution < -0.4 is 5.32 Å². The number of amides is 2. The van der Waals surface area contributed by atoms with Gasteiger partial charge in [-0.3, -0.25) is 9.59 Å². The first-order valence-electron chi connectivity index (χ1n) is 6.67. The van der Waals surface area contributed by atoms with Gasteiger partial charge in [0.1, 0.15) is 6.04 Å². The molecule has 1 saturated carbocycles. The van der Waals surface area contributed by atoms with Crippen molar-refractivity contribution in [1.29, 1.82) is 0 Å². The highest BCUT2D eigenvalue weighted by Crippen LogP contribution is 2.28. The van der Waals surface area contributed by atoms with Crippen LogP contribution >= 0.6 is 0 Å². The van der Waals surface area contributed by atoms with Gasteiger partial charge in [-0.2, -0.15) is 0 Å². The van der Waals surface area contributed by atoms with Crippen LogP contribution in [0, 0.1) is 5.92 Å². The molecule has 0 bridgehead atoms. The lowest BCUT2D eigenvalue weighted by atomic mass is 9.86. The van der Waals surface area contributed by atoms with E-state index in [-0.39, 0.29) is 17.9 Å².